The van der Waals surface area contributed by atoms with Gasteiger partial charge < -0.3 is 0 Å². The van der Waals surface area contributed by atoms with E-state index in [0.29, 0.717) is 10.9 Å². The van der Waals surface area contributed by atoms with Crippen LogP contribution in [0.3, 0.4) is 0 Å². The molecule has 0 amide bonds. The Kier molecular flexibility index (Phi) is 3.63. The summed E-state index contributed by atoms with van der Waals surface area (Å²) in [5, 5.41) is 4.58. The Hall–Kier alpha value is -1.97. The van der Waals surface area contributed by atoms with Gasteiger partial charge in [0.05, 0.1) is 17.5 Å². The van der Waals surface area contributed by atoms with E-state index >= 15 is 0 Å². The van der Waals surface area contributed by atoms with E-state index in [-0.39, 0.29) is 0 Å². The van der Waals surface area contributed by atoms with E-state index in [4.69, 9.17) is 23.4 Å². The highest BCUT2D eigenvalue weighted by Gasteiger charge is 2.11. The zero-order valence-electron chi connectivity index (χ0n) is 10.4. The first-order chi connectivity index (χ1) is 9.72. The molecular formula is C15H11Cl2N3. The molecule has 1 heterocycles. The van der Waals surface area contributed by atoms with E-state index in [1.165, 1.54) is 5.56 Å². The van der Waals surface area contributed by atoms with Crippen LogP contribution in [0.25, 0.3) is 11.1 Å². The van der Waals surface area contributed by atoms with Gasteiger partial charge in [-0.05, 0) is 11.1 Å². The summed E-state index contributed by atoms with van der Waals surface area (Å²) in [4.78, 5) is 0. The fourth-order valence-electron chi connectivity index (χ4n) is 1.99. The first kappa shape index (κ1) is 13.0. The SMILES string of the molecule is ClC1=CC(c2ccc(-c3ccccc3)cc2)=NN(Cl)N1. The summed E-state index contributed by atoms with van der Waals surface area (Å²) in [6, 6.07) is 18.3. The summed E-state index contributed by atoms with van der Waals surface area (Å²) in [5.74, 6) is 0. The van der Waals surface area contributed by atoms with Gasteiger partial charge in [0.15, 0.2) is 0 Å². The highest BCUT2D eigenvalue weighted by Crippen LogP contribution is 2.21. The van der Waals surface area contributed by atoms with Crippen LogP contribution in [-0.2, 0) is 0 Å². The Labute approximate surface area is 127 Å². The van der Waals surface area contributed by atoms with E-state index < -0.39 is 0 Å². The Bertz CT molecular complexity index is 663. The smallest absolute Gasteiger partial charge is 0.125 e. The lowest BCUT2D eigenvalue weighted by Gasteiger charge is -2.17. The fourth-order valence-corrected chi connectivity index (χ4v) is 2.39. The average molecular weight is 304 g/mol. The van der Waals surface area contributed by atoms with E-state index in [2.05, 4.69) is 34.8 Å². The number of nitrogens with one attached hydrogen (secondary N) is 1. The number of nitrogens with zero attached hydrogens (tertiary/aromatic N) is 2. The van der Waals surface area contributed by atoms with Crippen molar-refractivity contribution in [1.82, 2.24) is 10.1 Å². The van der Waals surface area contributed by atoms with Gasteiger partial charge in [0.2, 0.25) is 0 Å². The maximum Gasteiger partial charge on any atom is 0.125 e. The van der Waals surface area contributed by atoms with Gasteiger partial charge in [0.1, 0.15) is 5.16 Å². The van der Waals surface area contributed by atoms with E-state index in [1.54, 1.807) is 6.08 Å². The van der Waals surface area contributed by atoms with Crippen LogP contribution in [0.4, 0.5) is 0 Å². The molecule has 20 heavy (non-hydrogen) atoms. The third kappa shape index (κ3) is 2.79. The number of hydrazone groups is 1. The lowest BCUT2D eigenvalue weighted by molar-refractivity contribution is 0.405. The molecule has 100 valence electrons. The van der Waals surface area contributed by atoms with Crippen molar-refractivity contribution in [3.63, 3.8) is 0 Å². The second kappa shape index (κ2) is 5.57. The second-order valence-corrected chi connectivity index (χ2v) is 5.02. The summed E-state index contributed by atoms with van der Waals surface area (Å²) in [6.07, 6.45) is 1.73. The van der Waals surface area contributed by atoms with Gasteiger partial charge >= 0.3 is 0 Å². The predicted octanol–water partition coefficient (Wildman–Crippen LogP) is 4.11. The molecule has 0 atom stereocenters. The van der Waals surface area contributed by atoms with Crippen LogP contribution < -0.4 is 5.43 Å². The zero-order valence-corrected chi connectivity index (χ0v) is 11.9. The summed E-state index contributed by atoms with van der Waals surface area (Å²) >= 11 is 11.7. The van der Waals surface area contributed by atoms with Crippen LogP contribution in [0.2, 0.25) is 0 Å². The molecule has 0 saturated carbocycles. The lowest BCUT2D eigenvalue weighted by atomic mass is 10.0. The van der Waals surface area contributed by atoms with Gasteiger partial charge in [-0.2, -0.15) is 0 Å². The van der Waals surface area contributed by atoms with Gasteiger partial charge in [0.25, 0.3) is 0 Å². The van der Waals surface area contributed by atoms with Crippen molar-refractivity contribution in [1.29, 1.82) is 0 Å². The number of hydrogen-bond acceptors (Lipinski definition) is 3. The molecule has 1 aliphatic heterocycles. The molecule has 3 nitrogen and oxygen atoms in total. The van der Waals surface area contributed by atoms with Gasteiger partial charge in [-0.1, -0.05) is 66.2 Å². The van der Waals surface area contributed by atoms with Gasteiger partial charge in [0, 0.05) is 11.6 Å². The van der Waals surface area contributed by atoms with E-state index in [1.807, 2.05) is 30.3 Å². The van der Waals surface area contributed by atoms with Crippen molar-refractivity contribution < 1.29 is 0 Å². The highest BCUT2D eigenvalue weighted by molar-refractivity contribution is 6.32. The average Bonchev–Trinajstić information content (AvgIpc) is 2.47. The normalized spacial score (nSPS) is 14.4. The number of allylic oxidation sites excluding steroid dienone is 1. The number of halogens is 2. The summed E-state index contributed by atoms with van der Waals surface area (Å²) in [6.45, 7) is 0. The molecule has 1 N–H and O–H groups in total. The van der Waals surface area contributed by atoms with Crippen molar-refractivity contribution in [2.24, 2.45) is 5.10 Å². The van der Waals surface area contributed by atoms with Crippen LogP contribution in [0.1, 0.15) is 5.56 Å². The minimum absolute atomic E-state index is 0.428. The highest BCUT2D eigenvalue weighted by atomic mass is 35.5. The van der Waals surface area contributed by atoms with Gasteiger partial charge in [-0.3, -0.25) is 5.43 Å². The van der Waals surface area contributed by atoms with Gasteiger partial charge in [-0.25, -0.2) is 0 Å². The van der Waals surface area contributed by atoms with Crippen molar-refractivity contribution in [2.45, 2.75) is 0 Å². The Morgan fingerprint density at radius 2 is 1.45 bits per heavy atom. The number of hydrogen-bond donors (Lipinski definition) is 1. The van der Waals surface area contributed by atoms with Crippen LogP contribution >= 0.6 is 23.4 Å². The van der Waals surface area contributed by atoms with Crippen molar-refractivity contribution in [3.05, 3.63) is 71.4 Å². The first-order valence-corrected chi connectivity index (χ1v) is 6.78. The minimum atomic E-state index is 0.428. The summed E-state index contributed by atoms with van der Waals surface area (Å²) in [5.41, 5.74) is 6.65. The second-order valence-electron chi connectivity index (χ2n) is 4.29. The first-order valence-electron chi connectivity index (χ1n) is 6.06. The molecule has 0 saturated heterocycles. The zero-order chi connectivity index (χ0) is 13.9. The molecule has 0 spiro atoms. The topological polar surface area (TPSA) is 27.6 Å². The third-order valence-corrected chi connectivity index (χ3v) is 3.30. The monoisotopic (exact) mass is 303 g/mol. The number of hydrazine groups is 1. The minimum Gasteiger partial charge on any atom is -0.256 e. The standard InChI is InChI=1S/C15H11Cl2N3/c16-15-10-14(18-20(17)19-15)13-8-6-12(7-9-13)11-4-2-1-3-5-11/h1-10,19H. The molecule has 0 radical (unpaired) electrons. The molecule has 0 aromatic heterocycles. The summed E-state index contributed by atoms with van der Waals surface area (Å²) < 4.78 is 1.07. The molecule has 0 fully saturated rings. The van der Waals surface area contributed by atoms with Crippen molar-refractivity contribution in [3.8, 4) is 11.1 Å². The molecule has 0 aliphatic carbocycles. The maximum absolute atomic E-state index is 5.93. The van der Waals surface area contributed by atoms with Crippen LogP contribution in [0, 0.1) is 0 Å². The van der Waals surface area contributed by atoms with Crippen molar-refractivity contribution in [2.75, 3.05) is 0 Å². The lowest BCUT2D eigenvalue weighted by Crippen LogP contribution is -2.28. The predicted molar refractivity (Wildman–Crippen MR) is 83.2 cm³/mol. The number of benzene rings is 2. The van der Waals surface area contributed by atoms with Crippen LogP contribution in [0.5, 0.6) is 0 Å². The molecule has 3 rings (SSSR count). The molecule has 5 heteroatoms. The van der Waals surface area contributed by atoms with Crippen LogP contribution in [-0.4, -0.2) is 10.3 Å². The molecule has 2 aromatic rings. The molecule has 2 aromatic carbocycles. The maximum atomic E-state index is 5.93. The number of rotatable bonds is 2. The molecule has 1 aliphatic rings. The Balaban J connectivity index is 1.91. The quantitative estimate of drug-likeness (QED) is 0.668. The molecule has 0 bridgehead atoms. The van der Waals surface area contributed by atoms with Crippen LogP contribution in [0.15, 0.2) is 70.9 Å². The van der Waals surface area contributed by atoms with E-state index in [0.717, 1.165) is 15.8 Å². The van der Waals surface area contributed by atoms with Crippen molar-refractivity contribution >= 4 is 29.1 Å². The Morgan fingerprint density at radius 1 is 0.850 bits per heavy atom. The fraction of sp³-hybridized carbons (Fsp3) is 0. The molecule has 0 unspecified atom stereocenters. The summed E-state index contributed by atoms with van der Waals surface area (Å²) in [7, 11) is 0. The van der Waals surface area contributed by atoms with E-state index in [9.17, 15) is 0 Å². The van der Waals surface area contributed by atoms with Gasteiger partial charge in [-0.15, -0.1) is 9.74 Å². The largest absolute Gasteiger partial charge is 0.256 e. The Morgan fingerprint density at radius 3 is 2.10 bits per heavy atom. The third-order valence-electron chi connectivity index (χ3n) is 2.95. The molecular weight excluding hydrogens is 293 g/mol.